The van der Waals surface area contributed by atoms with Gasteiger partial charge in [0.2, 0.25) is 5.91 Å². The van der Waals surface area contributed by atoms with E-state index in [1.807, 2.05) is 0 Å². The van der Waals surface area contributed by atoms with Crippen molar-refractivity contribution in [3.8, 4) is 0 Å². The van der Waals surface area contributed by atoms with Gasteiger partial charge in [0, 0.05) is 15.1 Å². The first-order valence-corrected chi connectivity index (χ1v) is 6.30. The minimum atomic E-state index is 0. The number of likely N-dealkylation sites (N-methyl/N-ethyl adjacent to an activating group) is 1. The van der Waals surface area contributed by atoms with Crippen LogP contribution in [0.5, 0.6) is 0 Å². The van der Waals surface area contributed by atoms with Gasteiger partial charge in [-0.15, -0.1) is 0 Å². The number of carbonyl (C=O) groups is 1. The third kappa shape index (κ3) is 4.10. The van der Waals surface area contributed by atoms with Gasteiger partial charge in [-0.25, -0.2) is 0 Å². The predicted octanol–water partition coefficient (Wildman–Crippen LogP) is 1.26. The van der Waals surface area contributed by atoms with E-state index in [9.17, 15) is 4.79 Å². The van der Waals surface area contributed by atoms with Gasteiger partial charge in [-0.05, 0) is 25.9 Å². The van der Waals surface area contributed by atoms with E-state index in [0.29, 0.717) is 13.2 Å². The van der Waals surface area contributed by atoms with Crippen LogP contribution in [0.1, 0.15) is 34.0 Å². The van der Waals surface area contributed by atoms with Crippen LogP contribution in [0.2, 0.25) is 0 Å². The fourth-order valence-corrected chi connectivity index (χ4v) is 2.24. The summed E-state index contributed by atoms with van der Waals surface area (Å²) in [5.74, 6) is 0.167. The molecule has 0 saturated carbocycles. The summed E-state index contributed by atoms with van der Waals surface area (Å²) in [6, 6.07) is 0.0735. The Bertz CT molecular complexity index is 215. The molecule has 1 amide bonds. The Labute approximate surface area is 99.8 Å². The Kier molecular flexibility index (Phi) is 6.42. The van der Waals surface area contributed by atoms with Crippen LogP contribution in [0.3, 0.4) is 0 Å². The summed E-state index contributed by atoms with van der Waals surface area (Å²) in [4.78, 5) is 14.3. The van der Waals surface area contributed by atoms with Crippen molar-refractivity contribution >= 4 is 5.91 Å². The fraction of sp³-hybridized carbons (Fsp3) is 0.917. The molecule has 1 saturated heterocycles. The van der Waals surface area contributed by atoms with Crippen LogP contribution < -0.4 is 5.32 Å². The third-order valence-corrected chi connectivity index (χ3v) is 3.18. The highest BCUT2D eigenvalue weighted by atomic mass is 16.5. The van der Waals surface area contributed by atoms with E-state index in [0.717, 1.165) is 19.5 Å². The van der Waals surface area contributed by atoms with E-state index in [-0.39, 0.29) is 13.4 Å². The molecule has 1 N–H and O–H groups in total. The van der Waals surface area contributed by atoms with Crippen LogP contribution in [0.15, 0.2) is 0 Å². The highest BCUT2D eigenvalue weighted by molar-refractivity contribution is 5.81. The van der Waals surface area contributed by atoms with E-state index in [2.05, 4.69) is 17.1 Å². The first-order valence-electron chi connectivity index (χ1n) is 6.30. The molecule has 96 valence electrons. The molecule has 1 heterocycles. The van der Waals surface area contributed by atoms with Crippen LogP contribution >= 0.6 is 0 Å². The number of hydrogen-bond donors (Lipinski definition) is 1. The lowest BCUT2D eigenvalue weighted by atomic mass is 10.1. The lowest BCUT2D eigenvalue weighted by molar-refractivity contribution is -0.126. The van der Waals surface area contributed by atoms with Crippen LogP contribution in [0.25, 0.3) is 0 Å². The molecule has 1 aliphatic rings. The number of nitrogens with zero attached hydrogens (tertiary/aromatic N) is 1. The zero-order chi connectivity index (χ0) is 11.8. The van der Waals surface area contributed by atoms with Gasteiger partial charge in [-0.2, -0.15) is 0 Å². The normalized spacial score (nSPS) is 22.8. The highest BCUT2D eigenvalue weighted by Crippen LogP contribution is 2.16. The first kappa shape index (κ1) is 13.5. The van der Waals surface area contributed by atoms with Crippen molar-refractivity contribution in [1.82, 2.24) is 10.2 Å². The Morgan fingerprint density at radius 1 is 1.50 bits per heavy atom. The molecule has 1 atom stereocenters. The molecule has 1 fully saturated rings. The van der Waals surface area contributed by atoms with Gasteiger partial charge >= 0.3 is 0 Å². The summed E-state index contributed by atoms with van der Waals surface area (Å²) >= 11 is 0. The SMILES string of the molecule is CCN1CCCCCC1C(=O)NCCOC.[HH]. The maximum Gasteiger partial charge on any atom is 0.237 e. The Morgan fingerprint density at radius 2 is 2.31 bits per heavy atom. The second kappa shape index (κ2) is 7.63. The molecule has 1 aliphatic heterocycles. The van der Waals surface area contributed by atoms with Crippen molar-refractivity contribution in [3.05, 3.63) is 0 Å². The Morgan fingerprint density at radius 3 is 3.00 bits per heavy atom. The van der Waals surface area contributed by atoms with E-state index < -0.39 is 0 Å². The lowest BCUT2D eigenvalue weighted by Gasteiger charge is -2.27. The molecule has 0 spiro atoms. The Balaban J connectivity index is 0.00000256. The summed E-state index contributed by atoms with van der Waals surface area (Å²) in [6.07, 6.45) is 4.62. The monoisotopic (exact) mass is 230 g/mol. The van der Waals surface area contributed by atoms with Gasteiger partial charge in [0.05, 0.1) is 12.6 Å². The van der Waals surface area contributed by atoms with Crippen molar-refractivity contribution in [3.63, 3.8) is 0 Å². The fourth-order valence-electron chi connectivity index (χ4n) is 2.24. The molecule has 1 unspecified atom stereocenters. The van der Waals surface area contributed by atoms with Crippen LogP contribution in [-0.4, -0.2) is 50.2 Å². The molecule has 4 nitrogen and oxygen atoms in total. The number of rotatable bonds is 5. The third-order valence-electron chi connectivity index (χ3n) is 3.18. The van der Waals surface area contributed by atoms with Crippen LogP contribution in [0.4, 0.5) is 0 Å². The number of methoxy groups -OCH3 is 1. The molecule has 0 aromatic rings. The number of carbonyl (C=O) groups excluding carboxylic acids is 1. The predicted molar refractivity (Wildman–Crippen MR) is 66.5 cm³/mol. The van der Waals surface area contributed by atoms with Crippen molar-refractivity contribution in [1.29, 1.82) is 0 Å². The lowest BCUT2D eigenvalue weighted by Crippen LogP contribution is -2.47. The minimum Gasteiger partial charge on any atom is -0.383 e. The summed E-state index contributed by atoms with van der Waals surface area (Å²) in [5, 5.41) is 2.94. The van der Waals surface area contributed by atoms with Crippen molar-refractivity contribution in [2.24, 2.45) is 0 Å². The second-order valence-electron chi connectivity index (χ2n) is 4.28. The average molecular weight is 230 g/mol. The largest absolute Gasteiger partial charge is 0.383 e. The zero-order valence-corrected chi connectivity index (χ0v) is 10.5. The van der Waals surface area contributed by atoms with Gasteiger partial charge in [0.15, 0.2) is 0 Å². The van der Waals surface area contributed by atoms with Crippen molar-refractivity contribution in [2.75, 3.05) is 33.4 Å². The molecule has 0 aromatic carbocycles. The molecule has 16 heavy (non-hydrogen) atoms. The maximum atomic E-state index is 12.0. The smallest absolute Gasteiger partial charge is 0.237 e. The molecule has 0 radical (unpaired) electrons. The molecule has 0 aliphatic carbocycles. The number of nitrogens with one attached hydrogen (secondary N) is 1. The topological polar surface area (TPSA) is 41.6 Å². The average Bonchev–Trinajstić information content (AvgIpc) is 2.54. The van der Waals surface area contributed by atoms with E-state index in [4.69, 9.17) is 4.74 Å². The second-order valence-corrected chi connectivity index (χ2v) is 4.28. The molecule has 0 aromatic heterocycles. The van der Waals surface area contributed by atoms with E-state index in [1.165, 1.54) is 19.3 Å². The Hall–Kier alpha value is -0.610. The summed E-state index contributed by atoms with van der Waals surface area (Å²) in [5.41, 5.74) is 0. The molecular weight excluding hydrogens is 204 g/mol. The van der Waals surface area contributed by atoms with Gasteiger partial charge in [0.25, 0.3) is 0 Å². The zero-order valence-electron chi connectivity index (χ0n) is 10.5. The van der Waals surface area contributed by atoms with Crippen molar-refractivity contribution in [2.45, 2.75) is 38.6 Å². The van der Waals surface area contributed by atoms with Crippen LogP contribution in [-0.2, 0) is 9.53 Å². The van der Waals surface area contributed by atoms with Crippen LogP contribution in [0, 0.1) is 0 Å². The molecule has 4 heteroatoms. The standard InChI is InChI=1S/C12H24N2O2.H2/c1-3-14-9-6-4-5-7-11(14)12(15)13-8-10-16-2;/h11H,3-10H2,1-2H3,(H,13,15);1H. The first-order chi connectivity index (χ1) is 7.79. The number of hydrogen-bond acceptors (Lipinski definition) is 3. The van der Waals surface area contributed by atoms with Gasteiger partial charge in [-0.3, -0.25) is 9.69 Å². The molecule has 1 rings (SSSR count). The summed E-state index contributed by atoms with van der Waals surface area (Å²) in [6.45, 7) is 5.34. The van der Waals surface area contributed by atoms with E-state index in [1.54, 1.807) is 7.11 Å². The van der Waals surface area contributed by atoms with Gasteiger partial charge in [-0.1, -0.05) is 19.8 Å². The molecular formula is C12H26N2O2. The quantitative estimate of drug-likeness (QED) is 0.723. The highest BCUT2D eigenvalue weighted by Gasteiger charge is 2.25. The summed E-state index contributed by atoms with van der Waals surface area (Å²) in [7, 11) is 1.65. The minimum absolute atomic E-state index is 0. The molecule has 0 bridgehead atoms. The van der Waals surface area contributed by atoms with Gasteiger partial charge < -0.3 is 10.1 Å². The maximum absolute atomic E-state index is 12.0. The number of amides is 1. The number of ether oxygens (including phenoxy) is 1. The summed E-state index contributed by atoms with van der Waals surface area (Å²) < 4.78 is 4.93. The van der Waals surface area contributed by atoms with Gasteiger partial charge in [0.1, 0.15) is 0 Å². The van der Waals surface area contributed by atoms with Crippen molar-refractivity contribution < 1.29 is 11.0 Å². The number of likely N-dealkylation sites (tertiary alicyclic amines) is 1. The van der Waals surface area contributed by atoms with E-state index >= 15 is 0 Å².